The number of nitrogens with zero attached hydrogens (tertiary/aromatic N) is 6. The number of amides is 1. The van der Waals surface area contributed by atoms with Crippen molar-refractivity contribution in [2.24, 2.45) is 0 Å². The van der Waals surface area contributed by atoms with Gasteiger partial charge in [0.2, 0.25) is 11.9 Å². The molecule has 3 heterocycles. The third-order valence-electron chi connectivity index (χ3n) is 5.57. The number of rotatable bonds is 9. The van der Waals surface area contributed by atoms with Gasteiger partial charge in [0.15, 0.2) is 0 Å². The van der Waals surface area contributed by atoms with Crippen molar-refractivity contribution < 1.29 is 9.90 Å². The summed E-state index contributed by atoms with van der Waals surface area (Å²) in [6.45, 7) is 6.58. The van der Waals surface area contributed by atoms with Gasteiger partial charge in [-0.05, 0) is 30.7 Å². The summed E-state index contributed by atoms with van der Waals surface area (Å²) in [6, 6.07) is 12.7. The van der Waals surface area contributed by atoms with E-state index in [1.165, 1.54) is 6.20 Å². The molecule has 0 bridgehead atoms. The molecule has 10 nitrogen and oxygen atoms in total. The summed E-state index contributed by atoms with van der Waals surface area (Å²) in [7, 11) is 0. The minimum atomic E-state index is -0.223. The Balaban J connectivity index is 1.41. The Morgan fingerprint density at radius 3 is 2.50 bits per heavy atom. The van der Waals surface area contributed by atoms with Crippen LogP contribution >= 0.6 is 0 Å². The Morgan fingerprint density at radius 2 is 1.82 bits per heavy atom. The molecule has 0 spiro atoms. The normalized spacial score (nSPS) is 14.1. The van der Waals surface area contributed by atoms with Gasteiger partial charge in [-0.25, -0.2) is 4.98 Å². The topological polar surface area (TPSA) is 119 Å². The van der Waals surface area contributed by atoms with E-state index in [2.05, 4.69) is 40.4 Å². The van der Waals surface area contributed by atoms with Crippen LogP contribution in [0.25, 0.3) is 0 Å². The van der Waals surface area contributed by atoms with Crippen LogP contribution in [0.5, 0.6) is 0 Å². The average molecular weight is 463 g/mol. The van der Waals surface area contributed by atoms with Crippen LogP contribution in [-0.2, 0) is 6.42 Å². The van der Waals surface area contributed by atoms with Crippen molar-refractivity contribution in [1.82, 2.24) is 24.8 Å². The number of piperazine rings is 1. The number of nitrogens with one attached hydrogen (secondary N) is 2. The van der Waals surface area contributed by atoms with Gasteiger partial charge in [0.05, 0.1) is 5.56 Å². The highest BCUT2D eigenvalue weighted by Gasteiger charge is 2.20. The maximum absolute atomic E-state index is 12.4. The van der Waals surface area contributed by atoms with E-state index in [4.69, 9.17) is 5.11 Å². The quantitative estimate of drug-likeness (QED) is 0.440. The number of pyridine rings is 1. The zero-order valence-corrected chi connectivity index (χ0v) is 19.3. The highest BCUT2D eigenvalue weighted by molar-refractivity contribution is 6.04. The van der Waals surface area contributed by atoms with Gasteiger partial charge in [-0.15, -0.1) is 0 Å². The van der Waals surface area contributed by atoms with Crippen molar-refractivity contribution in [3.63, 3.8) is 0 Å². The number of para-hydroxylation sites is 1. The van der Waals surface area contributed by atoms with E-state index in [0.717, 1.165) is 44.8 Å². The van der Waals surface area contributed by atoms with Crippen LogP contribution in [0.2, 0.25) is 0 Å². The van der Waals surface area contributed by atoms with E-state index in [-0.39, 0.29) is 12.5 Å². The van der Waals surface area contributed by atoms with Crippen molar-refractivity contribution in [2.45, 2.75) is 19.8 Å². The standard InChI is InChI=1S/C24H30N8O2/c1-2-20-27-23(30-24(29-20)32-14-12-31(13-15-32)11-6-16-33)28-21-10-9-18(17-25-21)22(34)26-19-7-4-3-5-8-19/h3-5,7-10,17,33H,2,6,11-16H2,1H3,(H,26,34)(H,25,27,28,29,30). The van der Waals surface area contributed by atoms with E-state index in [1.807, 2.05) is 37.3 Å². The van der Waals surface area contributed by atoms with Gasteiger partial charge >= 0.3 is 0 Å². The summed E-state index contributed by atoms with van der Waals surface area (Å²) in [5, 5.41) is 15.0. The summed E-state index contributed by atoms with van der Waals surface area (Å²) in [6.07, 6.45) is 3.00. The van der Waals surface area contributed by atoms with Crippen molar-refractivity contribution in [2.75, 3.05) is 54.9 Å². The predicted octanol–water partition coefficient (Wildman–Crippen LogP) is 2.33. The Kier molecular flexibility index (Phi) is 7.95. The Bertz CT molecular complexity index is 1070. The molecular formula is C24H30N8O2. The number of carbonyl (C=O) groups excluding carboxylic acids is 1. The van der Waals surface area contributed by atoms with Gasteiger partial charge in [-0.2, -0.15) is 15.0 Å². The summed E-state index contributed by atoms with van der Waals surface area (Å²) in [5.74, 6) is 2.10. The predicted molar refractivity (Wildman–Crippen MR) is 131 cm³/mol. The molecule has 10 heteroatoms. The molecule has 178 valence electrons. The SMILES string of the molecule is CCc1nc(Nc2ccc(C(=O)Nc3ccccc3)cn2)nc(N2CCN(CCCO)CC2)n1. The van der Waals surface area contributed by atoms with E-state index in [9.17, 15) is 4.79 Å². The maximum Gasteiger partial charge on any atom is 0.257 e. The molecule has 1 aromatic carbocycles. The third-order valence-corrected chi connectivity index (χ3v) is 5.57. The number of benzene rings is 1. The lowest BCUT2D eigenvalue weighted by molar-refractivity contribution is 0.102. The third kappa shape index (κ3) is 6.24. The molecule has 34 heavy (non-hydrogen) atoms. The second kappa shape index (κ2) is 11.5. The zero-order chi connectivity index (χ0) is 23.8. The number of carbonyl (C=O) groups is 1. The molecule has 0 radical (unpaired) electrons. The van der Waals surface area contributed by atoms with Crippen molar-refractivity contribution in [3.05, 3.63) is 60.0 Å². The average Bonchev–Trinajstić information content (AvgIpc) is 2.88. The van der Waals surface area contributed by atoms with Gasteiger partial charge in [0.1, 0.15) is 11.6 Å². The number of hydrogen-bond acceptors (Lipinski definition) is 9. The first-order valence-electron chi connectivity index (χ1n) is 11.6. The Labute approximate surface area is 199 Å². The minimum Gasteiger partial charge on any atom is -0.396 e. The fourth-order valence-electron chi connectivity index (χ4n) is 3.67. The Hall–Kier alpha value is -3.63. The molecule has 1 aliphatic heterocycles. The van der Waals surface area contributed by atoms with Crippen molar-refractivity contribution in [1.29, 1.82) is 0 Å². The van der Waals surface area contributed by atoms with Crippen molar-refractivity contribution in [3.8, 4) is 0 Å². The van der Waals surface area contributed by atoms with E-state index in [1.54, 1.807) is 12.1 Å². The monoisotopic (exact) mass is 462 g/mol. The second-order valence-electron chi connectivity index (χ2n) is 8.01. The maximum atomic E-state index is 12.4. The van der Waals surface area contributed by atoms with Gasteiger partial charge in [-0.1, -0.05) is 25.1 Å². The van der Waals surface area contributed by atoms with Crippen LogP contribution in [0, 0.1) is 0 Å². The van der Waals surface area contributed by atoms with Crippen LogP contribution in [-0.4, -0.2) is 75.2 Å². The van der Waals surface area contributed by atoms with Crippen LogP contribution in [0.3, 0.4) is 0 Å². The summed E-state index contributed by atoms with van der Waals surface area (Å²) >= 11 is 0. The highest BCUT2D eigenvalue weighted by atomic mass is 16.3. The minimum absolute atomic E-state index is 0.218. The molecule has 0 unspecified atom stereocenters. The van der Waals surface area contributed by atoms with Crippen LogP contribution < -0.4 is 15.5 Å². The molecule has 0 aliphatic carbocycles. The molecule has 0 saturated carbocycles. The number of hydrogen-bond donors (Lipinski definition) is 3. The van der Waals surface area contributed by atoms with Crippen LogP contribution in [0.4, 0.5) is 23.4 Å². The fraction of sp³-hybridized carbons (Fsp3) is 0.375. The molecule has 1 amide bonds. The highest BCUT2D eigenvalue weighted by Crippen LogP contribution is 2.17. The molecule has 3 N–H and O–H groups in total. The summed E-state index contributed by atoms with van der Waals surface area (Å²) < 4.78 is 0. The first-order chi connectivity index (χ1) is 16.6. The van der Waals surface area contributed by atoms with Gasteiger partial charge in [-0.3, -0.25) is 9.69 Å². The van der Waals surface area contributed by atoms with E-state index in [0.29, 0.717) is 35.5 Å². The number of aliphatic hydroxyl groups is 1. The van der Waals surface area contributed by atoms with Crippen LogP contribution in [0.15, 0.2) is 48.7 Å². The largest absolute Gasteiger partial charge is 0.396 e. The van der Waals surface area contributed by atoms with Gasteiger partial charge in [0, 0.05) is 57.6 Å². The molecule has 0 atom stereocenters. The lowest BCUT2D eigenvalue weighted by Crippen LogP contribution is -2.47. The second-order valence-corrected chi connectivity index (χ2v) is 8.01. The molecule has 4 rings (SSSR count). The number of aliphatic hydroxyl groups excluding tert-OH is 1. The lowest BCUT2D eigenvalue weighted by atomic mass is 10.2. The molecule has 2 aromatic heterocycles. The van der Waals surface area contributed by atoms with Gasteiger partial charge < -0.3 is 20.6 Å². The molecule has 1 saturated heterocycles. The summed E-state index contributed by atoms with van der Waals surface area (Å²) in [4.78, 5) is 35.0. The summed E-state index contributed by atoms with van der Waals surface area (Å²) in [5.41, 5.74) is 1.19. The number of anilines is 4. The molecular weight excluding hydrogens is 432 g/mol. The van der Waals surface area contributed by atoms with Crippen molar-refractivity contribution >= 4 is 29.3 Å². The zero-order valence-electron chi connectivity index (χ0n) is 19.3. The van der Waals surface area contributed by atoms with Gasteiger partial charge in [0.25, 0.3) is 5.91 Å². The Morgan fingerprint density at radius 1 is 1.03 bits per heavy atom. The van der Waals surface area contributed by atoms with E-state index >= 15 is 0 Å². The van der Waals surface area contributed by atoms with E-state index < -0.39 is 0 Å². The first kappa shape index (κ1) is 23.5. The number of aromatic nitrogens is 4. The molecule has 3 aromatic rings. The molecule has 1 aliphatic rings. The number of aryl methyl sites for hydroxylation is 1. The first-order valence-corrected chi connectivity index (χ1v) is 11.6. The van der Waals surface area contributed by atoms with Crippen LogP contribution in [0.1, 0.15) is 29.5 Å². The fourth-order valence-corrected chi connectivity index (χ4v) is 3.67. The lowest BCUT2D eigenvalue weighted by Gasteiger charge is -2.34. The smallest absolute Gasteiger partial charge is 0.257 e. The molecule has 1 fully saturated rings.